The molecular formula is C31H64. The average Bonchev–Trinajstić information content (AvgIpc) is 2.75. The molecule has 0 atom stereocenters. The van der Waals surface area contributed by atoms with Crippen LogP contribution in [-0.2, 0) is 0 Å². The molecule has 0 heteroatoms. The van der Waals surface area contributed by atoms with Crippen molar-refractivity contribution < 1.29 is 0 Å². The Bertz CT molecular complexity index is 455. The fraction of sp³-hybridized carbons (Fsp3) is 0.677. The van der Waals surface area contributed by atoms with Crippen molar-refractivity contribution in [2.45, 2.75) is 137 Å². The van der Waals surface area contributed by atoms with E-state index in [1.165, 1.54) is 41.6 Å². The molecule has 0 saturated carbocycles. The minimum atomic E-state index is 0.542. The Kier molecular flexibility index (Phi) is 43.4. The maximum Gasteiger partial charge on any atom is -0.0385 e. The summed E-state index contributed by atoms with van der Waals surface area (Å²) < 4.78 is 0. The molecule has 0 aliphatic carbocycles. The van der Waals surface area contributed by atoms with Crippen molar-refractivity contribution in [3.8, 4) is 0 Å². The fourth-order valence-electron chi connectivity index (χ4n) is 0.824. The van der Waals surface area contributed by atoms with E-state index in [1.807, 2.05) is 47.6 Å². The van der Waals surface area contributed by atoms with Crippen LogP contribution in [0.25, 0.3) is 0 Å². The Morgan fingerprint density at radius 2 is 0.903 bits per heavy atom. The Morgan fingerprint density at radius 3 is 1.00 bits per heavy atom. The predicted octanol–water partition coefficient (Wildman–Crippen LogP) is 12.3. The third-order valence-corrected chi connectivity index (χ3v) is 4.50. The third kappa shape index (κ3) is 47.7. The molecule has 188 valence electrons. The van der Waals surface area contributed by atoms with Crippen LogP contribution in [0.2, 0.25) is 0 Å². The van der Waals surface area contributed by atoms with Crippen molar-refractivity contribution >= 4 is 0 Å². The summed E-state index contributed by atoms with van der Waals surface area (Å²) in [6.07, 6.45) is 5.81. The molecule has 0 aliphatic heterocycles. The van der Waals surface area contributed by atoms with Gasteiger partial charge in [-0.15, -0.1) is 0 Å². The van der Waals surface area contributed by atoms with E-state index in [1.54, 1.807) is 0 Å². The zero-order valence-corrected chi connectivity index (χ0v) is 25.3. The molecule has 0 rings (SSSR count). The second-order valence-corrected chi connectivity index (χ2v) is 8.61. The number of allylic oxidation sites excluding steroid dienone is 7. The summed E-state index contributed by atoms with van der Waals surface area (Å²) in [5.41, 5.74) is 8.04. The van der Waals surface area contributed by atoms with Gasteiger partial charge in [0.1, 0.15) is 0 Å². The van der Waals surface area contributed by atoms with Crippen LogP contribution in [0.5, 0.6) is 0 Å². The first-order valence-electron chi connectivity index (χ1n) is 12.4. The largest absolute Gasteiger partial charge is 0.0988 e. The normalized spacial score (nSPS) is 9.45. The first-order chi connectivity index (χ1) is 14.1. The molecule has 0 nitrogen and oxygen atoms in total. The van der Waals surface area contributed by atoms with Gasteiger partial charge in [0.2, 0.25) is 0 Å². The minimum Gasteiger partial charge on any atom is -0.0988 e. The Hall–Kier alpha value is -1.30. The fourth-order valence-corrected chi connectivity index (χ4v) is 0.824. The first-order valence-corrected chi connectivity index (χ1v) is 12.4. The van der Waals surface area contributed by atoms with Gasteiger partial charge in [0.25, 0.3) is 0 Å². The van der Waals surface area contributed by atoms with Crippen LogP contribution in [-0.4, -0.2) is 0 Å². The first kappa shape index (κ1) is 43.6. The lowest BCUT2D eigenvalue weighted by atomic mass is 9.94. The molecule has 0 unspecified atom stereocenters. The van der Waals surface area contributed by atoms with E-state index in [0.717, 1.165) is 11.1 Å². The second kappa shape index (κ2) is 30.9. The SMILES string of the molecule is C=C(C)C(=C)C.C=C/C(C)=C(/C)C(C)=C(C)C.CC.CC.CCC(C)(C)C.CCCC. The Morgan fingerprint density at radius 1 is 0.645 bits per heavy atom. The van der Waals surface area contributed by atoms with Gasteiger partial charge in [-0.05, 0) is 70.6 Å². The van der Waals surface area contributed by atoms with E-state index in [4.69, 9.17) is 0 Å². The predicted molar refractivity (Wildman–Crippen MR) is 155 cm³/mol. The van der Waals surface area contributed by atoms with Gasteiger partial charge in [0, 0.05) is 0 Å². The van der Waals surface area contributed by atoms with Gasteiger partial charge in [-0.1, -0.05) is 131 Å². The zero-order chi connectivity index (χ0) is 26.8. The molecule has 0 amide bonds. The molecule has 0 aliphatic rings. The number of hydrogen-bond donors (Lipinski definition) is 0. The van der Waals surface area contributed by atoms with Crippen molar-refractivity contribution in [2.24, 2.45) is 5.41 Å². The number of rotatable bonds is 4. The molecule has 0 aromatic carbocycles. The lowest BCUT2D eigenvalue weighted by Crippen LogP contribution is -2.00. The van der Waals surface area contributed by atoms with E-state index in [-0.39, 0.29) is 0 Å². The lowest BCUT2D eigenvalue weighted by molar-refractivity contribution is 0.398. The molecule has 0 fully saturated rings. The molecule has 0 spiro atoms. The van der Waals surface area contributed by atoms with Crippen molar-refractivity contribution in [3.63, 3.8) is 0 Å². The van der Waals surface area contributed by atoms with E-state index >= 15 is 0 Å². The van der Waals surface area contributed by atoms with Gasteiger partial charge in [-0.3, -0.25) is 0 Å². The second-order valence-electron chi connectivity index (χ2n) is 8.61. The highest BCUT2D eigenvalue weighted by Gasteiger charge is 2.03. The summed E-state index contributed by atoms with van der Waals surface area (Å²) in [5.74, 6) is 0. The quantitative estimate of drug-likeness (QED) is 0.384. The summed E-state index contributed by atoms with van der Waals surface area (Å²) in [6.45, 7) is 46.9. The highest BCUT2D eigenvalue weighted by atomic mass is 14.1. The Balaban J connectivity index is -0.0000000675. The van der Waals surface area contributed by atoms with Crippen LogP contribution in [0.1, 0.15) is 137 Å². The summed E-state index contributed by atoms with van der Waals surface area (Å²) in [6, 6.07) is 0. The average molecular weight is 437 g/mol. The van der Waals surface area contributed by atoms with Gasteiger partial charge < -0.3 is 0 Å². The van der Waals surface area contributed by atoms with Crippen LogP contribution >= 0.6 is 0 Å². The van der Waals surface area contributed by atoms with E-state index in [2.05, 4.69) is 95.9 Å². The van der Waals surface area contributed by atoms with Crippen molar-refractivity contribution in [2.75, 3.05) is 0 Å². The maximum absolute atomic E-state index is 3.74. The van der Waals surface area contributed by atoms with Crippen molar-refractivity contribution in [3.05, 3.63) is 59.3 Å². The molecule has 0 aromatic heterocycles. The van der Waals surface area contributed by atoms with Crippen LogP contribution < -0.4 is 0 Å². The van der Waals surface area contributed by atoms with Gasteiger partial charge in [0.05, 0.1) is 0 Å². The van der Waals surface area contributed by atoms with E-state index < -0.39 is 0 Å². The highest BCUT2D eigenvalue weighted by molar-refractivity contribution is 5.37. The molecule has 0 bridgehead atoms. The van der Waals surface area contributed by atoms with Gasteiger partial charge in [0.15, 0.2) is 0 Å². The summed E-state index contributed by atoms with van der Waals surface area (Å²) in [5, 5.41) is 0. The maximum atomic E-state index is 3.74. The van der Waals surface area contributed by atoms with Crippen LogP contribution in [0.3, 0.4) is 0 Å². The molecule has 0 saturated heterocycles. The standard InChI is InChI=1S/C11H18.C6H14.C6H10.C4H10.2C2H6/c1-7-9(4)11(6)10(5)8(2)3;1-5-6(2,3)4;1-5(2)6(3)4;1-3-4-2;2*1-2/h7H,1H2,2-6H3;5H2,1-4H3;1,3H2,2,4H3;3-4H2,1-2H3;2*1-2H3/b11-9-;;;;;. The van der Waals surface area contributed by atoms with Crippen LogP contribution in [0.4, 0.5) is 0 Å². The van der Waals surface area contributed by atoms with Gasteiger partial charge in [-0.2, -0.15) is 0 Å². The monoisotopic (exact) mass is 437 g/mol. The molecular weight excluding hydrogens is 372 g/mol. The zero-order valence-electron chi connectivity index (χ0n) is 25.3. The smallest absolute Gasteiger partial charge is 0.0385 e. The highest BCUT2D eigenvalue weighted by Crippen LogP contribution is 2.17. The molecule has 0 N–H and O–H groups in total. The van der Waals surface area contributed by atoms with Crippen molar-refractivity contribution in [1.82, 2.24) is 0 Å². The summed E-state index contributed by atoms with van der Waals surface area (Å²) in [7, 11) is 0. The van der Waals surface area contributed by atoms with E-state index in [9.17, 15) is 0 Å². The van der Waals surface area contributed by atoms with Crippen LogP contribution in [0, 0.1) is 5.41 Å². The van der Waals surface area contributed by atoms with E-state index in [0.29, 0.717) is 5.41 Å². The molecule has 0 radical (unpaired) electrons. The number of hydrogen-bond acceptors (Lipinski definition) is 0. The van der Waals surface area contributed by atoms with Crippen LogP contribution in [0.15, 0.2) is 59.3 Å². The molecule has 0 aromatic rings. The number of unbranched alkanes of at least 4 members (excludes halogenated alkanes) is 1. The third-order valence-electron chi connectivity index (χ3n) is 4.50. The summed E-state index contributed by atoms with van der Waals surface area (Å²) >= 11 is 0. The topological polar surface area (TPSA) is 0 Å². The van der Waals surface area contributed by atoms with Gasteiger partial charge in [-0.25, -0.2) is 0 Å². The lowest BCUT2D eigenvalue weighted by Gasteiger charge is -2.12. The Labute approximate surface area is 201 Å². The molecule has 31 heavy (non-hydrogen) atoms. The molecule has 0 heterocycles. The van der Waals surface area contributed by atoms with Gasteiger partial charge >= 0.3 is 0 Å². The minimum absolute atomic E-state index is 0.542. The van der Waals surface area contributed by atoms with Crippen molar-refractivity contribution in [1.29, 1.82) is 0 Å². The summed E-state index contributed by atoms with van der Waals surface area (Å²) in [4.78, 5) is 0.